The molecule has 0 radical (unpaired) electrons. The maximum atomic E-state index is 10.7. The Morgan fingerprint density at radius 1 is 1.23 bits per heavy atom. The van der Waals surface area contributed by atoms with Crippen molar-refractivity contribution >= 4 is 33.9 Å². The third kappa shape index (κ3) is 2.86. The normalized spacial score (nSPS) is 12.8. The second-order valence-corrected chi connectivity index (χ2v) is 7.81. The van der Waals surface area contributed by atoms with Crippen LogP contribution in [0.4, 0.5) is 0 Å². The summed E-state index contributed by atoms with van der Waals surface area (Å²) in [5, 5.41) is 16.2. The summed E-state index contributed by atoms with van der Waals surface area (Å²) in [6, 6.07) is 9.94. The number of rotatable bonds is 4. The van der Waals surface area contributed by atoms with Crippen molar-refractivity contribution in [1.29, 1.82) is 0 Å². The second kappa shape index (κ2) is 6.58. The lowest BCUT2D eigenvalue weighted by Crippen LogP contribution is -1.99. The van der Waals surface area contributed by atoms with Gasteiger partial charge in [-0.1, -0.05) is 23.7 Å². The number of aromatic nitrogens is 1. The number of thiophene rings is 1. The Balaban J connectivity index is 1.73. The monoisotopic (exact) mass is 387 g/mol. The molecule has 3 heterocycles. The van der Waals surface area contributed by atoms with E-state index in [9.17, 15) is 5.11 Å². The molecule has 4 nitrogen and oxygen atoms in total. The predicted octanol–water partition coefficient (Wildman–Crippen LogP) is 6.06. The predicted molar refractivity (Wildman–Crippen MR) is 104 cm³/mol. The van der Waals surface area contributed by atoms with Crippen molar-refractivity contribution in [3.8, 4) is 10.4 Å². The van der Waals surface area contributed by atoms with Crippen molar-refractivity contribution < 1.29 is 14.0 Å². The first-order valence-corrected chi connectivity index (χ1v) is 9.60. The van der Waals surface area contributed by atoms with E-state index in [1.165, 1.54) is 11.3 Å². The van der Waals surface area contributed by atoms with Crippen molar-refractivity contribution in [2.24, 2.45) is 0 Å². The van der Waals surface area contributed by atoms with Crippen LogP contribution in [0, 0.1) is 13.8 Å². The molecule has 0 aliphatic carbocycles. The lowest BCUT2D eigenvalue weighted by Gasteiger charge is -2.07. The van der Waals surface area contributed by atoms with Gasteiger partial charge in [0.05, 0.1) is 16.3 Å². The standard InChI is InChI=1S/C20H18ClNO3S/c1-4-14-8-13-7-12(9-15(21)20(13)24-14)16-5-6-17(26-16)19(23)18-10(2)22-25-11(18)3/h5-9,19,23H,4H2,1-3H3. The number of aryl methyl sites for hydroxylation is 3. The Hall–Kier alpha value is -2.08. The maximum Gasteiger partial charge on any atom is 0.152 e. The number of hydrogen-bond donors (Lipinski definition) is 1. The Bertz CT molecular complexity index is 1070. The molecule has 0 aliphatic rings. The van der Waals surface area contributed by atoms with Gasteiger partial charge >= 0.3 is 0 Å². The van der Waals surface area contributed by atoms with Gasteiger partial charge in [0.1, 0.15) is 17.6 Å². The average molecular weight is 388 g/mol. The van der Waals surface area contributed by atoms with Gasteiger partial charge in [0.2, 0.25) is 0 Å². The minimum atomic E-state index is -0.750. The first-order chi connectivity index (χ1) is 12.5. The van der Waals surface area contributed by atoms with Crippen molar-refractivity contribution in [3.63, 3.8) is 0 Å². The molecule has 1 aromatic carbocycles. The summed E-state index contributed by atoms with van der Waals surface area (Å²) in [5.74, 6) is 1.56. The van der Waals surface area contributed by atoms with Crippen molar-refractivity contribution in [2.75, 3.05) is 0 Å². The smallest absolute Gasteiger partial charge is 0.152 e. The molecule has 0 fully saturated rings. The average Bonchev–Trinajstić information content (AvgIpc) is 3.33. The summed E-state index contributed by atoms with van der Waals surface area (Å²) in [6.45, 7) is 5.70. The molecule has 0 spiro atoms. The quantitative estimate of drug-likeness (QED) is 0.462. The fourth-order valence-corrected chi connectivity index (χ4v) is 4.41. The van der Waals surface area contributed by atoms with Gasteiger partial charge in [-0.3, -0.25) is 0 Å². The van der Waals surface area contributed by atoms with E-state index >= 15 is 0 Å². The van der Waals surface area contributed by atoms with Gasteiger partial charge in [-0.25, -0.2) is 0 Å². The highest BCUT2D eigenvalue weighted by Gasteiger charge is 2.22. The fraction of sp³-hybridized carbons (Fsp3) is 0.250. The van der Waals surface area contributed by atoms with E-state index in [-0.39, 0.29) is 0 Å². The molecular formula is C20H18ClNO3S. The third-order valence-corrected chi connectivity index (χ3v) is 5.98. The number of furan rings is 1. The second-order valence-electron chi connectivity index (χ2n) is 6.29. The molecule has 6 heteroatoms. The topological polar surface area (TPSA) is 59.4 Å². The Morgan fingerprint density at radius 3 is 2.73 bits per heavy atom. The Morgan fingerprint density at radius 2 is 2.04 bits per heavy atom. The summed E-state index contributed by atoms with van der Waals surface area (Å²) < 4.78 is 10.9. The van der Waals surface area contributed by atoms with Crippen LogP contribution in [-0.4, -0.2) is 10.3 Å². The highest BCUT2D eigenvalue weighted by atomic mass is 35.5. The van der Waals surface area contributed by atoms with E-state index in [0.717, 1.165) is 44.0 Å². The summed E-state index contributed by atoms with van der Waals surface area (Å²) in [7, 11) is 0. The number of benzene rings is 1. The molecule has 134 valence electrons. The molecule has 4 aromatic rings. The molecule has 26 heavy (non-hydrogen) atoms. The van der Waals surface area contributed by atoms with Gasteiger partial charge in [0.15, 0.2) is 5.58 Å². The molecule has 3 aromatic heterocycles. The summed E-state index contributed by atoms with van der Waals surface area (Å²) >= 11 is 7.95. The highest BCUT2D eigenvalue weighted by molar-refractivity contribution is 7.15. The number of aliphatic hydroxyl groups excluding tert-OH is 1. The van der Waals surface area contributed by atoms with Gasteiger partial charge in [-0.2, -0.15) is 0 Å². The molecule has 0 saturated carbocycles. The maximum absolute atomic E-state index is 10.7. The van der Waals surface area contributed by atoms with Crippen LogP contribution in [0.15, 0.2) is 39.3 Å². The van der Waals surface area contributed by atoms with Gasteiger partial charge in [-0.05, 0) is 49.7 Å². The Labute approximate surface area is 160 Å². The first-order valence-electron chi connectivity index (χ1n) is 8.40. The van der Waals surface area contributed by atoms with Gasteiger partial charge in [-0.15, -0.1) is 11.3 Å². The molecular weight excluding hydrogens is 370 g/mol. The van der Waals surface area contributed by atoms with Crippen molar-refractivity contribution in [2.45, 2.75) is 33.3 Å². The molecule has 0 bridgehead atoms. The van der Waals surface area contributed by atoms with Crippen LogP contribution in [0.25, 0.3) is 21.4 Å². The van der Waals surface area contributed by atoms with Crippen LogP contribution in [0.5, 0.6) is 0 Å². The molecule has 0 amide bonds. The van der Waals surface area contributed by atoms with E-state index in [1.54, 1.807) is 0 Å². The lowest BCUT2D eigenvalue weighted by molar-refractivity contribution is 0.221. The number of halogens is 1. The third-order valence-electron chi connectivity index (χ3n) is 4.51. The van der Waals surface area contributed by atoms with E-state index in [2.05, 4.69) is 11.2 Å². The van der Waals surface area contributed by atoms with Crippen molar-refractivity contribution in [3.05, 3.63) is 63.0 Å². The van der Waals surface area contributed by atoms with Crippen molar-refractivity contribution in [1.82, 2.24) is 5.16 Å². The molecule has 4 rings (SSSR count). The van der Waals surface area contributed by atoms with Crippen LogP contribution in [0.3, 0.4) is 0 Å². The van der Waals surface area contributed by atoms with Gasteiger partial charge in [0, 0.05) is 21.6 Å². The number of fused-ring (bicyclic) bond motifs is 1. The molecule has 0 saturated heterocycles. The summed E-state index contributed by atoms with van der Waals surface area (Å²) in [5.41, 5.74) is 3.17. The zero-order valence-electron chi connectivity index (χ0n) is 14.7. The minimum Gasteiger partial charge on any atom is -0.460 e. The van der Waals surface area contributed by atoms with Crippen LogP contribution in [-0.2, 0) is 6.42 Å². The van der Waals surface area contributed by atoms with E-state index in [0.29, 0.717) is 16.5 Å². The summed E-state index contributed by atoms with van der Waals surface area (Å²) in [6.07, 6.45) is 0.0763. The summed E-state index contributed by atoms with van der Waals surface area (Å²) in [4.78, 5) is 1.88. The molecule has 1 unspecified atom stereocenters. The van der Waals surface area contributed by atoms with Crippen LogP contribution in [0.2, 0.25) is 5.02 Å². The fourth-order valence-electron chi connectivity index (χ4n) is 3.16. The van der Waals surface area contributed by atoms with Crippen LogP contribution in [0.1, 0.15) is 40.7 Å². The number of hydrogen-bond acceptors (Lipinski definition) is 5. The van der Waals surface area contributed by atoms with Crippen LogP contribution < -0.4 is 0 Å². The van der Waals surface area contributed by atoms with E-state index < -0.39 is 6.10 Å². The lowest BCUT2D eigenvalue weighted by atomic mass is 10.1. The molecule has 0 aliphatic heterocycles. The Kier molecular flexibility index (Phi) is 4.39. The largest absolute Gasteiger partial charge is 0.460 e. The number of nitrogens with zero attached hydrogens (tertiary/aromatic N) is 1. The molecule has 1 N–H and O–H groups in total. The van der Waals surface area contributed by atoms with Gasteiger partial charge in [0.25, 0.3) is 0 Å². The van der Waals surface area contributed by atoms with Gasteiger partial charge < -0.3 is 14.0 Å². The molecule has 1 atom stereocenters. The minimum absolute atomic E-state index is 0.596. The zero-order valence-corrected chi connectivity index (χ0v) is 16.2. The number of aliphatic hydroxyl groups is 1. The van der Waals surface area contributed by atoms with Crippen LogP contribution >= 0.6 is 22.9 Å². The SMILES string of the molecule is CCc1cc2cc(-c3ccc(C(O)c4c(C)noc4C)s3)cc(Cl)c2o1. The van der Waals surface area contributed by atoms with E-state index in [4.69, 9.17) is 20.5 Å². The van der Waals surface area contributed by atoms with E-state index in [1.807, 2.05) is 45.0 Å². The highest BCUT2D eigenvalue weighted by Crippen LogP contribution is 2.39. The first kappa shape index (κ1) is 17.3. The zero-order chi connectivity index (χ0) is 18.4.